The number of phosphoric ester groups is 1. The SMILES string of the molecule is CC/C=C\C/C=C\C/C=C\C/C=C\C/C=C\C/C=C\CCCCCCCCCCC(=O)NC(COP(=O)([O-])OCC[N+](C)(C)C)C(/C=C/CCCCCCCCCCC)OC(=O)CCCCCCCCCCCCCCCCCCCCCCCCCCC. The standard InChI is InChI=1S/C79H145N2O7P/c1-7-10-13-16-19-22-25-27-29-31-33-35-37-39-40-42-43-45-47-49-51-53-56-59-62-65-68-71-78(82)80-76(75-87-89(84,85)86-74-73-81(4,5)6)77(70-67-64-61-58-55-24-21-18-15-12-9-3)88-79(83)72-69-66-63-60-57-54-52-50-48-46-44-41-38-36-34-32-30-28-26-23-20-17-14-11-8-2/h10,13,19,22,27,29,33,35,39-40,43,45,67,70,76-77H,7-9,11-12,14-18,20-21,23-26,28,30-32,34,36-38,41-42,44,46-66,68-69,71-75H2,1-6H3,(H-,80,82,84,85)/b13-10-,22-19-,29-27-,35-33-,40-39-,45-43-,70-67+. The molecule has 89 heavy (non-hydrogen) atoms. The van der Waals surface area contributed by atoms with Crippen molar-refractivity contribution in [2.24, 2.45) is 0 Å². The highest BCUT2D eigenvalue weighted by molar-refractivity contribution is 7.45. The molecule has 0 saturated carbocycles. The number of esters is 1. The molecule has 10 heteroatoms. The lowest BCUT2D eigenvalue weighted by Crippen LogP contribution is -2.47. The van der Waals surface area contributed by atoms with E-state index >= 15 is 0 Å². The summed E-state index contributed by atoms with van der Waals surface area (Å²) >= 11 is 0. The second-order valence-corrected chi connectivity index (χ2v) is 28.2. The molecule has 1 amide bonds. The summed E-state index contributed by atoms with van der Waals surface area (Å²) in [5, 5.41) is 3.04. The van der Waals surface area contributed by atoms with Crippen LogP contribution in [0, 0.1) is 0 Å². The molecule has 3 atom stereocenters. The lowest BCUT2D eigenvalue weighted by Gasteiger charge is -2.30. The summed E-state index contributed by atoms with van der Waals surface area (Å²) in [5.74, 6) is -0.539. The first-order valence-corrected chi connectivity index (χ1v) is 39.4. The minimum absolute atomic E-state index is 0.0255. The van der Waals surface area contributed by atoms with Gasteiger partial charge in [0.05, 0.1) is 33.8 Å². The van der Waals surface area contributed by atoms with Gasteiger partial charge in [0.2, 0.25) is 5.91 Å². The number of rotatable bonds is 69. The van der Waals surface area contributed by atoms with Crippen LogP contribution in [-0.4, -0.2) is 69.4 Å². The molecule has 9 nitrogen and oxygen atoms in total. The van der Waals surface area contributed by atoms with Crippen molar-refractivity contribution in [1.29, 1.82) is 0 Å². The van der Waals surface area contributed by atoms with Crippen molar-refractivity contribution < 1.29 is 37.3 Å². The van der Waals surface area contributed by atoms with Crippen molar-refractivity contribution >= 4 is 19.7 Å². The summed E-state index contributed by atoms with van der Waals surface area (Å²) in [7, 11) is 1.18. The molecule has 0 bridgehead atoms. The molecule has 0 rings (SSSR count). The van der Waals surface area contributed by atoms with Crippen LogP contribution >= 0.6 is 7.82 Å². The van der Waals surface area contributed by atoms with E-state index in [2.05, 4.69) is 99.0 Å². The van der Waals surface area contributed by atoms with Gasteiger partial charge < -0.3 is 28.5 Å². The monoisotopic (exact) mass is 1270 g/mol. The third kappa shape index (κ3) is 69.4. The Balaban J connectivity index is 4.95. The van der Waals surface area contributed by atoms with Gasteiger partial charge in [-0.3, -0.25) is 14.2 Å². The Morgan fingerprint density at radius 2 is 0.719 bits per heavy atom. The molecule has 0 aliphatic heterocycles. The molecule has 0 radical (unpaired) electrons. The number of hydrogen-bond donors (Lipinski definition) is 1. The number of unbranched alkanes of at least 4 members (excludes halogenated alkanes) is 41. The minimum atomic E-state index is -4.71. The molecule has 3 unspecified atom stereocenters. The van der Waals surface area contributed by atoms with E-state index in [0.717, 1.165) is 109 Å². The number of hydrogen-bond acceptors (Lipinski definition) is 7. The predicted molar refractivity (Wildman–Crippen MR) is 385 cm³/mol. The fourth-order valence-corrected chi connectivity index (χ4v) is 11.8. The van der Waals surface area contributed by atoms with Crippen LogP contribution in [0.2, 0.25) is 0 Å². The molecular formula is C79H145N2O7P. The maximum absolute atomic E-state index is 13.6. The lowest BCUT2D eigenvalue weighted by molar-refractivity contribution is -0.870. The van der Waals surface area contributed by atoms with Gasteiger partial charge in [-0.15, -0.1) is 0 Å². The summed E-state index contributed by atoms with van der Waals surface area (Å²) in [6.45, 7) is 6.76. The number of nitrogens with one attached hydrogen (secondary N) is 1. The number of nitrogens with zero attached hydrogens (tertiary/aromatic N) is 1. The summed E-state index contributed by atoms with van der Waals surface area (Å²) in [4.78, 5) is 40.2. The maximum Gasteiger partial charge on any atom is 0.306 e. The Bertz CT molecular complexity index is 1800. The first kappa shape index (κ1) is 86.2. The molecule has 0 aromatic rings. The molecule has 0 spiro atoms. The smallest absolute Gasteiger partial charge is 0.306 e. The Hall–Kier alpha value is -2.81. The minimum Gasteiger partial charge on any atom is -0.756 e. The van der Waals surface area contributed by atoms with Crippen LogP contribution in [0.4, 0.5) is 0 Å². The van der Waals surface area contributed by atoms with Crippen LogP contribution < -0.4 is 10.2 Å². The van der Waals surface area contributed by atoms with Crippen LogP contribution in [0.1, 0.15) is 355 Å². The van der Waals surface area contributed by atoms with Gasteiger partial charge in [0.1, 0.15) is 19.3 Å². The Kier molecular flexibility index (Phi) is 65.9. The van der Waals surface area contributed by atoms with E-state index in [0.29, 0.717) is 17.4 Å². The van der Waals surface area contributed by atoms with E-state index in [4.69, 9.17) is 13.8 Å². The second-order valence-electron chi connectivity index (χ2n) is 26.8. The first-order chi connectivity index (χ1) is 43.4. The zero-order valence-corrected chi connectivity index (χ0v) is 60.3. The highest BCUT2D eigenvalue weighted by atomic mass is 31.2. The number of phosphoric acid groups is 1. The van der Waals surface area contributed by atoms with Crippen molar-refractivity contribution in [3.8, 4) is 0 Å². The van der Waals surface area contributed by atoms with Crippen LogP contribution in [0.15, 0.2) is 85.1 Å². The molecule has 0 aliphatic carbocycles. The average Bonchev–Trinajstić information content (AvgIpc) is 3.70. The summed E-state index contributed by atoms with van der Waals surface area (Å²) < 4.78 is 30.5. The summed E-state index contributed by atoms with van der Waals surface area (Å²) in [6, 6.07) is -0.896. The highest BCUT2D eigenvalue weighted by Crippen LogP contribution is 2.38. The van der Waals surface area contributed by atoms with Crippen molar-refractivity contribution in [2.75, 3.05) is 40.9 Å². The summed E-state index contributed by atoms with van der Waals surface area (Å²) in [6.07, 6.45) is 91.5. The number of quaternary nitrogens is 1. The largest absolute Gasteiger partial charge is 0.756 e. The number of likely N-dealkylation sites (N-methyl/N-ethyl adjacent to an activating group) is 1. The number of allylic oxidation sites excluding steroid dienone is 13. The fraction of sp³-hybridized carbons (Fsp3) is 0.797. The molecule has 0 aromatic heterocycles. The van der Waals surface area contributed by atoms with Gasteiger partial charge in [-0.05, 0) is 83.1 Å². The van der Waals surface area contributed by atoms with Crippen LogP contribution in [0.25, 0.3) is 0 Å². The van der Waals surface area contributed by atoms with Crippen LogP contribution in [0.3, 0.4) is 0 Å². The van der Waals surface area contributed by atoms with E-state index in [1.165, 1.54) is 212 Å². The Morgan fingerprint density at radius 3 is 1.08 bits per heavy atom. The average molecular weight is 1270 g/mol. The maximum atomic E-state index is 13.6. The third-order valence-corrected chi connectivity index (χ3v) is 17.8. The zero-order chi connectivity index (χ0) is 64.9. The van der Waals surface area contributed by atoms with Gasteiger partial charge in [-0.1, -0.05) is 344 Å². The van der Waals surface area contributed by atoms with Gasteiger partial charge in [0, 0.05) is 12.8 Å². The van der Waals surface area contributed by atoms with Gasteiger partial charge in [0.25, 0.3) is 7.82 Å². The predicted octanol–water partition coefficient (Wildman–Crippen LogP) is 23.8. The van der Waals surface area contributed by atoms with Crippen molar-refractivity contribution in [3.63, 3.8) is 0 Å². The number of carbonyl (C=O) groups is 2. The number of carbonyl (C=O) groups excluding carboxylic acids is 2. The molecule has 0 aliphatic rings. The third-order valence-electron chi connectivity index (χ3n) is 16.8. The number of ether oxygens (including phenoxy) is 1. The molecule has 0 aromatic carbocycles. The Labute approximate surface area is 552 Å². The van der Waals surface area contributed by atoms with E-state index in [1.54, 1.807) is 0 Å². The van der Waals surface area contributed by atoms with E-state index in [9.17, 15) is 19.0 Å². The Morgan fingerprint density at radius 1 is 0.404 bits per heavy atom. The zero-order valence-electron chi connectivity index (χ0n) is 59.4. The lowest BCUT2D eigenvalue weighted by atomic mass is 10.0. The topological polar surface area (TPSA) is 114 Å². The van der Waals surface area contributed by atoms with Gasteiger partial charge in [-0.25, -0.2) is 0 Å². The number of amides is 1. The quantitative estimate of drug-likeness (QED) is 0.0212. The summed E-state index contributed by atoms with van der Waals surface area (Å²) in [5.41, 5.74) is 0. The van der Waals surface area contributed by atoms with Gasteiger partial charge >= 0.3 is 5.97 Å². The molecule has 518 valence electrons. The first-order valence-electron chi connectivity index (χ1n) is 37.9. The second kappa shape index (κ2) is 68.1. The van der Waals surface area contributed by atoms with E-state index in [1.807, 2.05) is 33.3 Å². The van der Waals surface area contributed by atoms with E-state index < -0.39 is 26.6 Å². The molecule has 0 saturated heterocycles. The molecule has 0 heterocycles. The van der Waals surface area contributed by atoms with Crippen LogP contribution in [0.5, 0.6) is 0 Å². The molecule has 1 N–H and O–H groups in total. The van der Waals surface area contributed by atoms with E-state index in [-0.39, 0.29) is 24.9 Å². The molecule has 0 fully saturated rings. The normalized spacial score (nSPS) is 13.9. The highest BCUT2D eigenvalue weighted by Gasteiger charge is 2.27. The van der Waals surface area contributed by atoms with Crippen LogP contribution in [-0.2, 0) is 27.9 Å². The van der Waals surface area contributed by atoms with Gasteiger partial charge in [0.15, 0.2) is 0 Å². The van der Waals surface area contributed by atoms with Gasteiger partial charge in [-0.2, -0.15) is 0 Å². The van der Waals surface area contributed by atoms with Crippen molar-refractivity contribution in [3.05, 3.63) is 85.1 Å². The molecular weight excluding hydrogens is 1120 g/mol. The van der Waals surface area contributed by atoms with Crippen molar-refractivity contribution in [1.82, 2.24) is 5.32 Å². The fourth-order valence-electron chi connectivity index (χ4n) is 11.1. The van der Waals surface area contributed by atoms with Crippen molar-refractivity contribution in [2.45, 2.75) is 367 Å².